The first-order valence-electron chi connectivity index (χ1n) is 23.0. The number of anilines is 3. The zero-order valence-electron chi connectivity index (χ0n) is 39.4. The third-order valence-corrected chi connectivity index (χ3v) is 14.1. The molecular formula is C50H67ClN6O8S2. The summed E-state index contributed by atoms with van der Waals surface area (Å²) in [4.78, 5) is 60.3. The molecule has 3 aromatic carbocycles. The van der Waals surface area contributed by atoms with E-state index in [-0.39, 0.29) is 45.5 Å². The summed E-state index contributed by atoms with van der Waals surface area (Å²) < 4.78 is 8.62. The fourth-order valence-corrected chi connectivity index (χ4v) is 10.6. The standard InChI is InChI=1S/C33H46N4O2S.C13H10ClNO5S.C2H5NO.C2H6/c1-4-5-6-8-23(2)35-40-22-25-9-7-10-29(20-25)36-17-15-26(16-18-36)27-11-12-30-28(21-27)19-24(3)37(30)31-13-14-32(38)34-33(31)39;14-9-10(20-5-8(16)17)12(13(18)19)21-11(9)6-2-1-3-7(15)4-6;1-2(3)4;1-2/h7,9-12,20-21,23-24,26,31,35H,4-6,8,13-19,22H2,1-3H3,(H,34,38,39);1-4H,5,15H2,(H,16,17)(H,18,19);1H3,(H2,3,4);1-2H3. The number of carboxylic acid groups (broad SMARTS) is 2. The lowest BCUT2D eigenvalue weighted by Crippen LogP contribution is -2.54. The highest BCUT2D eigenvalue weighted by Gasteiger charge is 2.39. The molecule has 364 valence electrons. The lowest BCUT2D eigenvalue weighted by molar-refractivity contribution is -0.139. The van der Waals surface area contributed by atoms with Crippen molar-refractivity contribution >= 4 is 81.6 Å². The van der Waals surface area contributed by atoms with Gasteiger partial charge >= 0.3 is 11.9 Å². The fourth-order valence-electron chi connectivity index (χ4n) is 8.36. The van der Waals surface area contributed by atoms with E-state index >= 15 is 0 Å². The Hall–Kier alpha value is -5.29. The van der Waals surface area contributed by atoms with Gasteiger partial charge in [0, 0.05) is 61.3 Å². The van der Waals surface area contributed by atoms with Crippen LogP contribution in [0.3, 0.4) is 0 Å². The van der Waals surface area contributed by atoms with E-state index in [0.717, 1.165) is 49.4 Å². The van der Waals surface area contributed by atoms with Crippen LogP contribution < -0.4 is 36.0 Å². The number of aromatic carboxylic acids is 1. The lowest BCUT2D eigenvalue weighted by atomic mass is 9.88. The number of hydrogen-bond acceptors (Lipinski definition) is 12. The molecule has 3 aliphatic heterocycles. The molecule has 0 aliphatic carbocycles. The minimum absolute atomic E-state index is 0.0595. The highest BCUT2D eigenvalue weighted by atomic mass is 35.5. The Balaban J connectivity index is 0.000000304. The molecule has 7 rings (SSSR count). The molecule has 0 bridgehead atoms. The van der Waals surface area contributed by atoms with Crippen LogP contribution in [0, 0.1) is 0 Å². The topological polar surface area (TPSA) is 218 Å². The predicted octanol–water partition coefficient (Wildman–Crippen LogP) is 9.66. The van der Waals surface area contributed by atoms with E-state index in [9.17, 15) is 24.0 Å². The molecule has 3 atom stereocenters. The molecule has 3 amide bonds. The van der Waals surface area contributed by atoms with Crippen LogP contribution in [0.5, 0.6) is 5.75 Å². The summed E-state index contributed by atoms with van der Waals surface area (Å²) in [5, 5.41) is 20.4. The van der Waals surface area contributed by atoms with Gasteiger partial charge in [0.2, 0.25) is 17.7 Å². The van der Waals surface area contributed by atoms with E-state index in [0.29, 0.717) is 40.9 Å². The van der Waals surface area contributed by atoms with E-state index in [1.54, 1.807) is 24.3 Å². The summed E-state index contributed by atoms with van der Waals surface area (Å²) in [5.41, 5.74) is 18.0. The van der Waals surface area contributed by atoms with Gasteiger partial charge in [-0.15, -0.1) is 11.3 Å². The van der Waals surface area contributed by atoms with Gasteiger partial charge < -0.3 is 36.2 Å². The van der Waals surface area contributed by atoms with Crippen molar-refractivity contribution in [1.29, 1.82) is 0 Å². The van der Waals surface area contributed by atoms with Gasteiger partial charge in [0.25, 0.3) is 0 Å². The minimum Gasteiger partial charge on any atom is -0.479 e. The number of hydrogen-bond donors (Lipinski definition) is 6. The van der Waals surface area contributed by atoms with Crippen molar-refractivity contribution in [3.8, 4) is 16.2 Å². The summed E-state index contributed by atoms with van der Waals surface area (Å²) in [6, 6.07) is 23.3. The zero-order chi connectivity index (χ0) is 49.2. The molecule has 4 aromatic rings. The number of carboxylic acids is 2. The Morgan fingerprint density at radius 3 is 2.36 bits per heavy atom. The number of thiophene rings is 1. The molecule has 17 heteroatoms. The summed E-state index contributed by atoms with van der Waals surface area (Å²) in [6.07, 6.45) is 9.44. The Morgan fingerprint density at radius 2 is 1.72 bits per heavy atom. The third-order valence-electron chi connectivity index (χ3n) is 11.4. The van der Waals surface area contributed by atoms with Gasteiger partial charge in [-0.05, 0) is 104 Å². The molecule has 1 aromatic heterocycles. The number of nitrogens with two attached hydrogens (primary N) is 2. The van der Waals surface area contributed by atoms with Gasteiger partial charge in [-0.2, -0.15) is 0 Å². The number of fused-ring (bicyclic) bond motifs is 1. The number of benzene rings is 3. The van der Waals surface area contributed by atoms with Crippen molar-refractivity contribution < 1.29 is 38.9 Å². The first-order chi connectivity index (χ1) is 32.1. The monoisotopic (exact) mass is 978 g/mol. The molecule has 0 spiro atoms. The van der Waals surface area contributed by atoms with Crippen molar-refractivity contribution in [3.63, 3.8) is 0 Å². The highest BCUT2D eigenvalue weighted by Crippen LogP contribution is 2.46. The number of ether oxygens (including phenoxy) is 1. The number of nitrogens with one attached hydrogen (secondary N) is 2. The van der Waals surface area contributed by atoms with Crippen molar-refractivity contribution in [3.05, 3.63) is 93.3 Å². The predicted molar refractivity (Wildman–Crippen MR) is 272 cm³/mol. The van der Waals surface area contributed by atoms with Gasteiger partial charge in [-0.3, -0.25) is 24.4 Å². The first kappa shape index (κ1) is 54.3. The van der Waals surface area contributed by atoms with Crippen LogP contribution in [-0.2, 0) is 31.4 Å². The maximum Gasteiger partial charge on any atom is 0.349 e. The second-order valence-electron chi connectivity index (χ2n) is 16.7. The van der Waals surface area contributed by atoms with Crippen LogP contribution in [-0.4, -0.2) is 77.7 Å². The number of primary amides is 1. The van der Waals surface area contributed by atoms with Crippen LogP contribution in [0.15, 0.2) is 66.7 Å². The lowest BCUT2D eigenvalue weighted by Gasteiger charge is -2.35. The number of piperidine rings is 2. The quantitative estimate of drug-likeness (QED) is 0.0267. The van der Waals surface area contributed by atoms with Crippen LogP contribution in [0.2, 0.25) is 5.02 Å². The van der Waals surface area contributed by atoms with Crippen LogP contribution in [0.4, 0.5) is 17.1 Å². The number of rotatable bonds is 16. The number of aliphatic carboxylic acids is 1. The van der Waals surface area contributed by atoms with Gasteiger partial charge in [0.1, 0.15) is 11.1 Å². The average Bonchev–Trinajstić information content (AvgIpc) is 3.81. The van der Waals surface area contributed by atoms with Crippen molar-refractivity contribution in [1.82, 2.24) is 10.0 Å². The number of amides is 3. The smallest absolute Gasteiger partial charge is 0.349 e. The summed E-state index contributed by atoms with van der Waals surface area (Å²) in [7, 11) is 0. The molecule has 0 radical (unpaired) electrons. The Morgan fingerprint density at radius 1 is 1.01 bits per heavy atom. The zero-order valence-corrected chi connectivity index (χ0v) is 41.8. The summed E-state index contributed by atoms with van der Waals surface area (Å²) in [6.45, 7) is 13.5. The molecule has 14 nitrogen and oxygen atoms in total. The van der Waals surface area contributed by atoms with E-state index in [2.05, 4.69) is 88.8 Å². The number of unbranched alkanes of at least 4 members (excludes halogenated alkanes) is 2. The van der Waals surface area contributed by atoms with E-state index in [4.69, 9.17) is 32.3 Å². The number of carbonyl (C=O) groups is 5. The Kier molecular flexibility index (Phi) is 21.8. The second-order valence-corrected chi connectivity index (χ2v) is 18.9. The molecule has 3 aliphatic rings. The SMILES string of the molecule is CC.CC(N)=O.CCCCCC(C)NSCc1cccc(N2CCC(c3ccc4c(c3)CC(C)N4C3CCC(=O)NC3=O)CC2)c1.Nc1cccc(-c2sc(C(=O)O)c(OCC(=O)O)c2Cl)c1. The van der Waals surface area contributed by atoms with Crippen molar-refractivity contribution in [2.24, 2.45) is 5.73 Å². The molecule has 8 N–H and O–H groups in total. The Labute approximate surface area is 408 Å². The molecule has 2 fully saturated rings. The number of nitrogen functional groups attached to an aromatic ring is 1. The molecular weight excluding hydrogens is 912 g/mol. The molecule has 3 unspecified atom stereocenters. The number of halogens is 1. The maximum atomic E-state index is 12.6. The van der Waals surface area contributed by atoms with Crippen molar-refractivity contribution in [2.45, 2.75) is 129 Å². The van der Waals surface area contributed by atoms with Crippen LogP contribution >= 0.6 is 34.9 Å². The Bertz CT molecular complexity index is 2300. The molecule has 2 saturated heterocycles. The normalized spacial score (nSPS) is 17.1. The number of imide groups is 1. The van der Waals surface area contributed by atoms with E-state index in [1.165, 1.54) is 60.7 Å². The van der Waals surface area contributed by atoms with Crippen LogP contribution in [0.1, 0.15) is 125 Å². The summed E-state index contributed by atoms with van der Waals surface area (Å²) >= 11 is 8.87. The van der Waals surface area contributed by atoms with E-state index < -0.39 is 18.5 Å². The minimum atomic E-state index is -1.24. The molecule has 67 heavy (non-hydrogen) atoms. The molecule has 4 heterocycles. The highest BCUT2D eigenvalue weighted by molar-refractivity contribution is 7.96. The number of carbonyl (C=O) groups excluding carboxylic acids is 3. The third kappa shape index (κ3) is 15.9. The van der Waals surface area contributed by atoms with Gasteiger partial charge in [0.15, 0.2) is 17.2 Å². The summed E-state index contributed by atoms with van der Waals surface area (Å²) in [5.74, 6) is -1.68. The van der Waals surface area contributed by atoms with Gasteiger partial charge in [-0.25, -0.2) is 9.59 Å². The largest absolute Gasteiger partial charge is 0.479 e. The van der Waals surface area contributed by atoms with Crippen LogP contribution in [0.25, 0.3) is 10.4 Å². The first-order valence-corrected chi connectivity index (χ1v) is 25.2. The molecule has 0 saturated carbocycles. The van der Waals surface area contributed by atoms with Gasteiger partial charge in [0.05, 0.1) is 4.88 Å². The number of nitrogens with zero attached hydrogens (tertiary/aromatic N) is 2. The maximum absolute atomic E-state index is 12.6. The van der Waals surface area contributed by atoms with Crippen molar-refractivity contribution in [2.75, 3.05) is 35.2 Å². The average molecular weight is 980 g/mol. The van der Waals surface area contributed by atoms with E-state index in [1.807, 2.05) is 25.8 Å². The van der Waals surface area contributed by atoms with Gasteiger partial charge in [-0.1, -0.05) is 100.0 Å². The second kappa shape index (κ2) is 26.9. The fraction of sp³-hybridized carbons (Fsp3) is 0.460.